The molecule has 0 amide bonds. The topological polar surface area (TPSA) is 81.0 Å². The monoisotopic (exact) mass is 411 g/mol. The number of thiophene rings is 1. The molecule has 1 saturated heterocycles. The minimum atomic E-state index is -3.56. The summed E-state index contributed by atoms with van der Waals surface area (Å²) in [5.74, 6) is 0.842. The van der Waals surface area contributed by atoms with Crippen LogP contribution in [0.1, 0.15) is 12.5 Å². The van der Waals surface area contributed by atoms with Crippen molar-refractivity contribution >= 4 is 32.5 Å². The van der Waals surface area contributed by atoms with Crippen molar-refractivity contribution in [3.05, 3.63) is 60.4 Å². The predicted octanol–water partition coefficient (Wildman–Crippen LogP) is 3.19. The van der Waals surface area contributed by atoms with E-state index >= 15 is 0 Å². The highest BCUT2D eigenvalue weighted by Crippen LogP contribution is 2.35. The standard InChI is InChI=1S/C19H17N5O2S2/c25-28(26,15-4-1-8-20-12-15)23-10-7-14(13-23)24-18-16(5-2-9-21-18)22-19(24)17-6-3-11-27-17/h1-6,8-9,11-12,14H,7,10,13H2/t14-/m1/s1. The molecule has 5 heterocycles. The Balaban J connectivity index is 1.55. The molecule has 5 rings (SSSR count). The first-order valence-corrected chi connectivity index (χ1v) is 11.2. The van der Waals surface area contributed by atoms with Crippen molar-refractivity contribution in [1.29, 1.82) is 0 Å². The van der Waals surface area contributed by atoms with E-state index in [1.165, 1.54) is 10.5 Å². The van der Waals surface area contributed by atoms with E-state index in [1.807, 2.05) is 29.6 Å². The number of fused-ring (bicyclic) bond motifs is 1. The minimum absolute atomic E-state index is 0.0246. The molecule has 9 heteroatoms. The first-order valence-electron chi connectivity index (χ1n) is 8.91. The maximum Gasteiger partial charge on any atom is 0.244 e. The van der Waals surface area contributed by atoms with Gasteiger partial charge in [0, 0.05) is 31.7 Å². The summed E-state index contributed by atoms with van der Waals surface area (Å²) in [6.45, 7) is 0.843. The molecule has 1 aliphatic heterocycles. The second-order valence-corrected chi connectivity index (χ2v) is 9.51. The van der Waals surface area contributed by atoms with Gasteiger partial charge in [-0.1, -0.05) is 6.07 Å². The maximum atomic E-state index is 13.0. The third-order valence-electron chi connectivity index (χ3n) is 4.95. The van der Waals surface area contributed by atoms with E-state index in [1.54, 1.807) is 35.9 Å². The van der Waals surface area contributed by atoms with Crippen molar-refractivity contribution < 1.29 is 8.42 Å². The predicted molar refractivity (Wildman–Crippen MR) is 107 cm³/mol. The Morgan fingerprint density at radius 3 is 2.79 bits per heavy atom. The molecule has 1 atom stereocenters. The second kappa shape index (κ2) is 6.77. The van der Waals surface area contributed by atoms with Crippen LogP contribution in [-0.4, -0.2) is 45.3 Å². The molecule has 1 fully saturated rings. The van der Waals surface area contributed by atoms with Gasteiger partial charge in [0.15, 0.2) is 11.5 Å². The number of pyridine rings is 2. The second-order valence-electron chi connectivity index (χ2n) is 6.62. The van der Waals surface area contributed by atoms with Gasteiger partial charge in [0.25, 0.3) is 0 Å². The molecule has 0 N–H and O–H groups in total. The smallest absolute Gasteiger partial charge is 0.244 e. The van der Waals surface area contributed by atoms with E-state index < -0.39 is 10.0 Å². The first-order chi connectivity index (χ1) is 13.6. The van der Waals surface area contributed by atoms with Crippen LogP contribution in [0.3, 0.4) is 0 Å². The minimum Gasteiger partial charge on any atom is -0.304 e. The van der Waals surface area contributed by atoms with Gasteiger partial charge in [-0.25, -0.2) is 18.4 Å². The quantitative estimate of drug-likeness (QED) is 0.515. The lowest BCUT2D eigenvalue weighted by molar-refractivity contribution is 0.455. The highest BCUT2D eigenvalue weighted by molar-refractivity contribution is 7.89. The molecule has 7 nitrogen and oxygen atoms in total. The Kier molecular flexibility index (Phi) is 4.22. The number of aromatic nitrogens is 4. The lowest BCUT2D eigenvalue weighted by atomic mass is 10.2. The summed E-state index contributed by atoms with van der Waals surface area (Å²) in [5, 5.41) is 2.01. The fraction of sp³-hybridized carbons (Fsp3) is 0.211. The highest BCUT2D eigenvalue weighted by atomic mass is 32.2. The summed E-state index contributed by atoms with van der Waals surface area (Å²) < 4.78 is 29.6. The van der Waals surface area contributed by atoms with Gasteiger partial charge in [0.1, 0.15) is 10.4 Å². The van der Waals surface area contributed by atoms with Crippen LogP contribution in [0.25, 0.3) is 21.9 Å². The number of nitrogens with zero attached hydrogens (tertiary/aromatic N) is 5. The van der Waals surface area contributed by atoms with Crippen LogP contribution < -0.4 is 0 Å². The van der Waals surface area contributed by atoms with Crippen LogP contribution in [0.2, 0.25) is 0 Å². The van der Waals surface area contributed by atoms with Gasteiger partial charge in [-0.15, -0.1) is 11.3 Å². The average molecular weight is 412 g/mol. The van der Waals surface area contributed by atoms with Crippen molar-refractivity contribution in [3.8, 4) is 10.7 Å². The zero-order chi connectivity index (χ0) is 19.1. The van der Waals surface area contributed by atoms with Crippen LogP contribution in [0, 0.1) is 0 Å². The molecule has 0 aliphatic carbocycles. The molecular formula is C19H17N5O2S2. The third kappa shape index (κ3) is 2.83. The molecule has 0 saturated carbocycles. The molecule has 0 aromatic carbocycles. The summed E-state index contributed by atoms with van der Waals surface area (Å²) in [6, 6.07) is 11.0. The molecule has 1 aliphatic rings. The molecule has 0 unspecified atom stereocenters. The Morgan fingerprint density at radius 1 is 1.11 bits per heavy atom. The summed E-state index contributed by atoms with van der Waals surface area (Å²) in [5.41, 5.74) is 1.61. The fourth-order valence-corrected chi connectivity index (χ4v) is 5.81. The zero-order valence-electron chi connectivity index (χ0n) is 14.8. The fourth-order valence-electron chi connectivity index (χ4n) is 3.64. The molecule has 0 radical (unpaired) electrons. The largest absolute Gasteiger partial charge is 0.304 e. The third-order valence-corrected chi connectivity index (χ3v) is 7.67. The van der Waals surface area contributed by atoms with Gasteiger partial charge in [-0.05, 0) is 42.1 Å². The van der Waals surface area contributed by atoms with Crippen molar-refractivity contribution in [2.45, 2.75) is 17.4 Å². The lowest BCUT2D eigenvalue weighted by Crippen LogP contribution is -2.29. The van der Waals surface area contributed by atoms with E-state index in [-0.39, 0.29) is 10.9 Å². The number of imidazole rings is 1. The molecule has 4 aromatic rings. The summed E-state index contributed by atoms with van der Waals surface area (Å²) in [6.07, 6.45) is 5.42. The molecule has 28 heavy (non-hydrogen) atoms. The Bertz CT molecular complexity index is 1220. The van der Waals surface area contributed by atoms with Crippen LogP contribution in [-0.2, 0) is 10.0 Å². The number of hydrogen-bond donors (Lipinski definition) is 0. The highest BCUT2D eigenvalue weighted by Gasteiger charge is 2.35. The van der Waals surface area contributed by atoms with Crippen molar-refractivity contribution in [3.63, 3.8) is 0 Å². The Hall–Kier alpha value is -2.62. The van der Waals surface area contributed by atoms with Gasteiger partial charge in [-0.3, -0.25) is 4.98 Å². The molecule has 0 bridgehead atoms. The Morgan fingerprint density at radius 2 is 2.00 bits per heavy atom. The van der Waals surface area contributed by atoms with E-state index in [0.717, 1.165) is 21.9 Å². The SMILES string of the molecule is O=S(=O)(c1cccnc1)N1CC[C@@H](n2c(-c3cccs3)nc3cccnc32)C1. The zero-order valence-corrected chi connectivity index (χ0v) is 16.5. The van der Waals surface area contributed by atoms with Crippen molar-refractivity contribution in [2.75, 3.05) is 13.1 Å². The van der Waals surface area contributed by atoms with Gasteiger partial charge in [-0.2, -0.15) is 4.31 Å². The van der Waals surface area contributed by atoms with Gasteiger partial charge in [0.05, 0.1) is 10.9 Å². The summed E-state index contributed by atoms with van der Waals surface area (Å²) in [4.78, 5) is 14.5. The first kappa shape index (κ1) is 17.5. The van der Waals surface area contributed by atoms with Gasteiger partial charge >= 0.3 is 0 Å². The number of sulfonamides is 1. The molecule has 0 spiro atoms. The van der Waals surface area contributed by atoms with Crippen LogP contribution in [0.4, 0.5) is 0 Å². The van der Waals surface area contributed by atoms with Crippen LogP contribution in [0.15, 0.2) is 65.3 Å². The summed E-state index contributed by atoms with van der Waals surface area (Å²) >= 11 is 1.62. The van der Waals surface area contributed by atoms with Gasteiger partial charge in [0.2, 0.25) is 10.0 Å². The van der Waals surface area contributed by atoms with E-state index in [9.17, 15) is 8.42 Å². The van der Waals surface area contributed by atoms with Crippen LogP contribution in [0.5, 0.6) is 0 Å². The molecular weight excluding hydrogens is 394 g/mol. The molecule has 4 aromatic heterocycles. The normalized spacial score (nSPS) is 18.1. The lowest BCUT2D eigenvalue weighted by Gasteiger charge is -2.18. The van der Waals surface area contributed by atoms with Crippen LogP contribution >= 0.6 is 11.3 Å². The average Bonchev–Trinajstić information content (AvgIpc) is 3.46. The van der Waals surface area contributed by atoms with E-state index in [2.05, 4.69) is 14.5 Å². The van der Waals surface area contributed by atoms with E-state index in [4.69, 9.17) is 4.98 Å². The summed E-state index contributed by atoms with van der Waals surface area (Å²) in [7, 11) is -3.56. The number of rotatable bonds is 4. The Labute approximate surface area is 166 Å². The maximum absolute atomic E-state index is 13.0. The van der Waals surface area contributed by atoms with Gasteiger partial charge < -0.3 is 4.57 Å². The van der Waals surface area contributed by atoms with Crippen molar-refractivity contribution in [1.82, 2.24) is 23.8 Å². The number of hydrogen-bond acceptors (Lipinski definition) is 6. The molecule has 142 valence electrons. The van der Waals surface area contributed by atoms with Crippen molar-refractivity contribution in [2.24, 2.45) is 0 Å². The van der Waals surface area contributed by atoms with E-state index in [0.29, 0.717) is 19.5 Å².